The largest absolute Gasteiger partial charge is 0.493 e. The van der Waals surface area contributed by atoms with Crippen LogP contribution in [0.4, 0.5) is 0 Å². The molecule has 0 saturated carbocycles. The smallest absolute Gasteiger partial charge is 0.127 e. The fraction of sp³-hybridized carbons (Fsp3) is 0.389. The van der Waals surface area contributed by atoms with Gasteiger partial charge >= 0.3 is 0 Å². The Labute approximate surface area is 126 Å². The van der Waals surface area contributed by atoms with Crippen LogP contribution < -0.4 is 10.1 Å². The third kappa shape index (κ3) is 2.66. The number of aryl methyl sites for hydroxylation is 2. The van der Waals surface area contributed by atoms with Crippen LogP contribution in [0, 0.1) is 13.8 Å². The number of nitrogens with one attached hydrogen (secondary N) is 1. The second-order valence-electron chi connectivity index (χ2n) is 5.55. The summed E-state index contributed by atoms with van der Waals surface area (Å²) in [4.78, 5) is 4.61. The van der Waals surface area contributed by atoms with Gasteiger partial charge in [-0.05, 0) is 37.6 Å². The summed E-state index contributed by atoms with van der Waals surface area (Å²) >= 11 is 0. The van der Waals surface area contributed by atoms with Crippen LogP contribution in [0.3, 0.4) is 0 Å². The lowest BCUT2D eigenvalue weighted by Gasteiger charge is -2.22. The molecule has 1 N–H and O–H groups in total. The highest BCUT2D eigenvalue weighted by Crippen LogP contribution is 2.36. The number of pyridine rings is 1. The number of para-hydroxylation sites is 1. The van der Waals surface area contributed by atoms with Crippen LogP contribution in [0.15, 0.2) is 30.3 Å². The van der Waals surface area contributed by atoms with Gasteiger partial charge in [-0.15, -0.1) is 0 Å². The minimum atomic E-state index is 0.135. The molecule has 3 nitrogen and oxygen atoms in total. The van der Waals surface area contributed by atoms with Gasteiger partial charge in [-0.1, -0.05) is 31.2 Å². The van der Waals surface area contributed by atoms with Gasteiger partial charge in [-0.3, -0.25) is 4.98 Å². The van der Waals surface area contributed by atoms with Gasteiger partial charge in [0.2, 0.25) is 0 Å². The summed E-state index contributed by atoms with van der Waals surface area (Å²) in [6.45, 7) is 7.94. The monoisotopic (exact) mass is 282 g/mol. The van der Waals surface area contributed by atoms with Crippen molar-refractivity contribution in [2.75, 3.05) is 13.2 Å². The summed E-state index contributed by atoms with van der Waals surface area (Å²) in [6.07, 6.45) is 1.01. The summed E-state index contributed by atoms with van der Waals surface area (Å²) in [5, 5.41) is 3.59. The van der Waals surface area contributed by atoms with E-state index in [1.807, 2.05) is 6.92 Å². The molecule has 1 aliphatic heterocycles. The lowest BCUT2D eigenvalue weighted by molar-refractivity contribution is 0.350. The number of nitrogens with zero attached hydrogens (tertiary/aromatic N) is 1. The van der Waals surface area contributed by atoms with Gasteiger partial charge in [0.05, 0.1) is 12.6 Å². The zero-order valence-corrected chi connectivity index (χ0v) is 12.9. The minimum Gasteiger partial charge on any atom is -0.493 e. The highest BCUT2D eigenvalue weighted by atomic mass is 16.5. The maximum Gasteiger partial charge on any atom is 0.127 e. The van der Waals surface area contributed by atoms with Gasteiger partial charge in [-0.2, -0.15) is 0 Å². The topological polar surface area (TPSA) is 34.2 Å². The maximum atomic E-state index is 5.88. The molecule has 110 valence electrons. The molecule has 0 fully saturated rings. The van der Waals surface area contributed by atoms with Crippen LogP contribution in [0.1, 0.15) is 41.0 Å². The molecule has 0 bridgehead atoms. The van der Waals surface area contributed by atoms with E-state index in [0.717, 1.165) is 36.7 Å². The molecule has 0 radical (unpaired) electrons. The highest BCUT2D eigenvalue weighted by molar-refractivity contribution is 5.49. The Hall–Kier alpha value is -1.87. The zero-order valence-electron chi connectivity index (χ0n) is 12.9. The van der Waals surface area contributed by atoms with Crippen molar-refractivity contribution in [1.82, 2.24) is 10.3 Å². The quantitative estimate of drug-likeness (QED) is 0.934. The molecule has 1 aromatic heterocycles. The molecule has 21 heavy (non-hydrogen) atoms. The lowest BCUT2D eigenvalue weighted by Crippen LogP contribution is -2.23. The Balaban J connectivity index is 2.08. The molecule has 3 rings (SSSR count). The Bertz CT molecular complexity index is 652. The number of hydrogen-bond acceptors (Lipinski definition) is 3. The van der Waals surface area contributed by atoms with Crippen molar-refractivity contribution in [3.63, 3.8) is 0 Å². The second-order valence-corrected chi connectivity index (χ2v) is 5.55. The maximum absolute atomic E-state index is 5.88. The molecular weight excluding hydrogens is 260 g/mol. The van der Waals surface area contributed by atoms with Gasteiger partial charge in [0.15, 0.2) is 0 Å². The first-order valence-corrected chi connectivity index (χ1v) is 7.62. The number of fused-ring (bicyclic) bond motifs is 1. The molecule has 1 aliphatic rings. The Morgan fingerprint density at radius 3 is 2.81 bits per heavy atom. The standard InChI is InChI=1S/C18H22N2O/c1-4-19-17(15-9-8-12(2)20-13(15)3)16-7-5-6-14-10-11-21-18(14)16/h5-9,17,19H,4,10-11H2,1-3H3. The normalized spacial score (nSPS) is 14.6. The number of benzene rings is 1. The van der Waals surface area contributed by atoms with Crippen LogP contribution in [0.25, 0.3) is 0 Å². The summed E-state index contributed by atoms with van der Waals surface area (Å²) in [6, 6.07) is 10.8. The molecule has 0 saturated heterocycles. The van der Waals surface area contributed by atoms with E-state index in [2.05, 4.69) is 54.5 Å². The van der Waals surface area contributed by atoms with Crippen molar-refractivity contribution in [2.24, 2.45) is 0 Å². The van der Waals surface area contributed by atoms with Gasteiger partial charge in [0.1, 0.15) is 5.75 Å². The molecular formula is C18H22N2O. The fourth-order valence-corrected chi connectivity index (χ4v) is 3.06. The van der Waals surface area contributed by atoms with Crippen molar-refractivity contribution >= 4 is 0 Å². The number of aromatic nitrogens is 1. The summed E-state index contributed by atoms with van der Waals surface area (Å²) in [5.74, 6) is 1.06. The average molecular weight is 282 g/mol. The molecule has 3 heteroatoms. The van der Waals surface area contributed by atoms with Gasteiger partial charge in [0, 0.05) is 23.4 Å². The van der Waals surface area contributed by atoms with Crippen LogP contribution >= 0.6 is 0 Å². The predicted octanol–water partition coefficient (Wildman–Crippen LogP) is 3.33. The summed E-state index contributed by atoms with van der Waals surface area (Å²) in [7, 11) is 0. The van der Waals surface area contributed by atoms with Gasteiger partial charge in [0.25, 0.3) is 0 Å². The van der Waals surface area contributed by atoms with E-state index < -0.39 is 0 Å². The van der Waals surface area contributed by atoms with Crippen LogP contribution in [0.2, 0.25) is 0 Å². The molecule has 0 aliphatic carbocycles. The van der Waals surface area contributed by atoms with Crippen molar-refractivity contribution in [2.45, 2.75) is 33.2 Å². The summed E-state index contributed by atoms with van der Waals surface area (Å²) in [5.41, 5.74) is 5.90. The SMILES string of the molecule is CCNC(c1ccc(C)nc1C)c1cccc2c1OCC2. The van der Waals surface area contributed by atoms with Gasteiger partial charge in [-0.25, -0.2) is 0 Å². The van der Waals surface area contributed by atoms with Crippen LogP contribution in [0.5, 0.6) is 5.75 Å². The third-order valence-electron chi connectivity index (χ3n) is 4.04. The average Bonchev–Trinajstić information content (AvgIpc) is 2.94. The Kier molecular flexibility index (Phi) is 3.93. The molecule has 2 heterocycles. The first-order chi connectivity index (χ1) is 10.2. The molecule has 0 spiro atoms. The first-order valence-electron chi connectivity index (χ1n) is 7.62. The van der Waals surface area contributed by atoms with E-state index in [1.54, 1.807) is 0 Å². The lowest BCUT2D eigenvalue weighted by atomic mass is 9.94. The second kappa shape index (κ2) is 5.86. The van der Waals surface area contributed by atoms with Crippen molar-refractivity contribution < 1.29 is 4.74 Å². The third-order valence-corrected chi connectivity index (χ3v) is 4.04. The molecule has 1 aromatic carbocycles. The van der Waals surface area contributed by atoms with E-state index in [1.165, 1.54) is 16.7 Å². The van der Waals surface area contributed by atoms with E-state index in [9.17, 15) is 0 Å². The van der Waals surface area contributed by atoms with Crippen molar-refractivity contribution in [1.29, 1.82) is 0 Å². The Morgan fingerprint density at radius 1 is 1.19 bits per heavy atom. The number of ether oxygens (including phenoxy) is 1. The Morgan fingerprint density at radius 2 is 2.05 bits per heavy atom. The fourth-order valence-electron chi connectivity index (χ4n) is 3.06. The molecule has 2 aromatic rings. The van der Waals surface area contributed by atoms with Crippen LogP contribution in [-0.4, -0.2) is 18.1 Å². The van der Waals surface area contributed by atoms with E-state index in [4.69, 9.17) is 4.74 Å². The zero-order chi connectivity index (χ0) is 14.8. The highest BCUT2D eigenvalue weighted by Gasteiger charge is 2.24. The minimum absolute atomic E-state index is 0.135. The predicted molar refractivity (Wildman–Crippen MR) is 84.9 cm³/mol. The van der Waals surface area contributed by atoms with Gasteiger partial charge < -0.3 is 10.1 Å². The summed E-state index contributed by atoms with van der Waals surface area (Å²) < 4.78 is 5.88. The van der Waals surface area contributed by atoms with Crippen LogP contribution in [-0.2, 0) is 6.42 Å². The molecule has 1 unspecified atom stereocenters. The number of hydrogen-bond donors (Lipinski definition) is 1. The van der Waals surface area contributed by atoms with Crippen molar-refractivity contribution in [3.05, 3.63) is 58.4 Å². The molecule has 1 atom stereocenters. The number of rotatable bonds is 4. The van der Waals surface area contributed by atoms with E-state index in [-0.39, 0.29) is 6.04 Å². The van der Waals surface area contributed by atoms with E-state index >= 15 is 0 Å². The van der Waals surface area contributed by atoms with E-state index in [0.29, 0.717) is 0 Å². The first kappa shape index (κ1) is 14.1. The molecule has 0 amide bonds. The van der Waals surface area contributed by atoms with Crippen molar-refractivity contribution in [3.8, 4) is 5.75 Å².